The number of nitrogens with one attached hydrogen (secondary N) is 1. The lowest BCUT2D eigenvalue weighted by atomic mass is 9.92. The van der Waals surface area contributed by atoms with Gasteiger partial charge in [-0.2, -0.15) is 10.1 Å². The summed E-state index contributed by atoms with van der Waals surface area (Å²) in [5, 5.41) is 7.91. The molecule has 0 fully saturated rings. The number of ether oxygens (including phenoxy) is 2. The number of methoxy groups -OCH3 is 2. The van der Waals surface area contributed by atoms with Crippen molar-refractivity contribution in [3.8, 4) is 11.5 Å². The van der Waals surface area contributed by atoms with E-state index in [1.54, 1.807) is 20.5 Å². The monoisotopic (exact) mass is 414 g/mol. The fourth-order valence-corrected chi connectivity index (χ4v) is 3.66. The Morgan fingerprint density at radius 3 is 2.65 bits per heavy atom. The van der Waals surface area contributed by atoms with E-state index in [1.165, 1.54) is 5.56 Å². The molecule has 2 aromatic carbocycles. The van der Waals surface area contributed by atoms with Crippen molar-refractivity contribution < 1.29 is 9.47 Å². The van der Waals surface area contributed by atoms with Gasteiger partial charge in [0.25, 0.3) is 0 Å². The van der Waals surface area contributed by atoms with E-state index < -0.39 is 0 Å². The van der Waals surface area contributed by atoms with Gasteiger partial charge >= 0.3 is 0 Å². The predicted molar refractivity (Wildman–Crippen MR) is 103 cm³/mol. The highest BCUT2D eigenvalue weighted by atomic mass is 79.9. The van der Waals surface area contributed by atoms with Crippen molar-refractivity contribution in [1.29, 1.82) is 0 Å². The third-order valence-corrected chi connectivity index (χ3v) is 5.23. The van der Waals surface area contributed by atoms with Gasteiger partial charge in [-0.3, -0.25) is 0 Å². The van der Waals surface area contributed by atoms with Gasteiger partial charge in [0.2, 0.25) is 5.95 Å². The molecule has 2 atom stereocenters. The van der Waals surface area contributed by atoms with E-state index in [4.69, 9.17) is 9.47 Å². The van der Waals surface area contributed by atoms with Crippen molar-refractivity contribution in [2.75, 3.05) is 19.5 Å². The van der Waals surface area contributed by atoms with Crippen LogP contribution in [-0.2, 0) is 0 Å². The zero-order valence-electron chi connectivity index (χ0n) is 14.5. The summed E-state index contributed by atoms with van der Waals surface area (Å²) >= 11 is 3.50. The molecule has 1 aromatic heterocycles. The Bertz CT molecular complexity index is 910. The van der Waals surface area contributed by atoms with Crippen LogP contribution >= 0.6 is 15.9 Å². The second kappa shape index (κ2) is 6.99. The molecule has 0 aliphatic carbocycles. The topological polar surface area (TPSA) is 61.2 Å². The second-order valence-corrected chi connectivity index (χ2v) is 7.05. The maximum absolute atomic E-state index is 5.60. The van der Waals surface area contributed by atoms with Crippen molar-refractivity contribution >= 4 is 21.9 Å². The quantitative estimate of drug-likeness (QED) is 0.692. The van der Waals surface area contributed by atoms with E-state index >= 15 is 0 Å². The SMILES string of the molecule is COc1ccc(OC)c([C@@H]2C[C@@H](c3ccc(Br)cc3)Nc3ncnn32)c1. The molecule has 26 heavy (non-hydrogen) atoms. The summed E-state index contributed by atoms with van der Waals surface area (Å²) in [4.78, 5) is 4.38. The van der Waals surface area contributed by atoms with Crippen LogP contribution in [-0.4, -0.2) is 29.0 Å². The molecule has 1 aliphatic heterocycles. The lowest BCUT2D eigenvalue weighted by Gasteiger charge is -2.32. The standard InChI is InChI=1S/C19H19BrN4O2/c1-25-14-7-8-18(26-2)15(9-14)17-10-16(12-3-5-13(20)6-4-12)23-19-21-11-22-24(17)19/h3-9,11,16-17H,10H2,1-2H3,(H,21,22,23)/t16-,17-/m0/s1. The average molecular weight is 415 g/mol. The molecule has 2 heterocycles. The maximum atomic E-state index is 5.60. The number of benzene rings is 2. The normalized spacial score (nSPS) is 18.7. The van der Waals surface area contributed by atoms with Crippen LogP contribution in [0.25, 0.3) is 0 Å². The molecule has 0 saturated carbocycles. The minimum atomic E-state index is -0.00699. The number of aromatic nitrogens is 3. The Morgan fingerprint density at radius 2 is 1.92 bits per heavy atom. The highest BCUT2D eigenvalue weighted by molar-refractivity contribution is 9.10. The Morgan fingerprint density at radius 1 is 1.12 bits per heavy atom. The van der Waals surface area contributed by atoms with E-state index in [9.17, 15) is 0 Å². The fraction of sp³-hybridized carbons (Fsp3) is 0.263. The molecular formula is C19H19BrN4O2. The summed E-state index contributed by atoms with van der Waals surface area (Å²) in [5.74, 6) is 2.36. The van der Waals surface area contributed by atoms with Crippen molar-refractivity contribution in [2.45, 2.75) is 18.5 Å². The third kappa shape index (κ3) is 3.03. The van der Waals surface area contributed by atoms with Crippen molar-refractivity contribution in [2.24, 2.45) is 0 Å². The summed E-state index contributed by atoms with van der Waals surface area (Å²) in [6.45, 7) is 0. The molecule has 6 nitrogen and oxygen atoms in total. The minimum Gasteiger partial charge on any atom is -0.497 e. The zero-order chi connectivity index (χ0) is 18.1. The Labute approximate surface area is 160 Å². The number of fused-ring (bicyclic) bond motifs is 1. The highest BCUT2D eigenvalue weighted by Gasteiger charge is 2.31. The van der Waals surface area contributed by atoms with Gasteiger partial charge in [-0.05, 0) is 42.3 Å². The first-order valence-corrected chi connectivity index (χ1v) is 9.12. The second-order valence-electron chi connectivity index (χ2n) is 6.14. The predicted octanol–water partition coefficient (Wildman–Crippen LogP) is 4.20. The van der Waals surface area contributed by atoms with E-state index in [1.807, 2.05) is 22.9 Å². The summed E-state index contributed by atoms with van der Waals surface area (Å²) in [6, 6.07) is 14.3. The van der Waals surface area contributed by atoms with E-state index in [-0.39, 0.29) is 12.1 Å². The first-order chi connectivity index (χ1) is 12.7. The largest absolute Gasteiger partial charge is 0.497 e. The molecule has 0 radical (unpaired) electrons. The van der Waals surface area contributed by atoms with Crippen LogP contribution in [0.3, 0.4) is 0 Å². The molecule has 134 valence electrons. The molecule has 0 amide bonds. The van der Waals surface area contributed by atoms with Gasteiger partial charge in [-0.25, -0.2) is 4.68 Å². The van der Waals surface area contributed by atoms with Crippen molar-refractivity contribution in [1.82, 2.24) is 14.8 Å². The first kappa shape index (κ1) is 16.9. The van der Waals surface area contributed by atoms with Gasteiger partial charge in [0.1, 0.15) is 17.8 Å². The molecular weight excluding hydrogens is 396 g/mol. The molecule has 7 heteroatoms. The number of hydrogen-bond acceptors (Lipinski definition) is 5. The maximum Gasteiger partial charge on any atom is 0.222 e. The van der Waals surface area contributed by atoms with Crippen LogP contribution < -0.4 is 14.8 Å². The Kier molecular flexibility index (Phi) is 4.55. The fourth-order valence-electron chi connectivity index (χ4n) is 3.39. The van der Waals surface area contributed by atoms with Crippen molar-refractivity contribution in [3.05, 3.63) is 64.4 Å². The van der Waals surface area contributed by atoms with Gasteiger partial charge in [0.15, 0.2) is 0 Å². The summed E-state index contributed by atoms with van der Waals surface area (Å²) in [7, 11) is 3.35. The average Bonchev–Trinajstić information content (AvgIpc) is 3.16. The lowest BCUT2D eigenvalue weighted by Crippen LogP contribution is -2.28. The Balaban J connectivity index is 1.77. The van der Waals surface area contributed by atoms with Crippen molar-refractivity contribution in [3.63, 3.8) is 0 Å². The number of rotatable bonds is 4. The summed E-state index contributed by atoms with van der Waals surface area (Å²) < 4.78 is 14.0. The van der Waals surface area contributed by atoms with Gasteiger partial charge in [0, 0.05) is 10.0 Å². The minimum absolute atomic E-state index is 0.00699. The molecule has 0 spiro atoms. The summed E-state index contributed by atoms with van der Waals surface area (Å²) in [5.41, 5.74) is 2.23. The number of anilines is 1. The number of hydrogen-bond donors (Lipinski definition) is 1. The van der Waals surface area contributed by atoms with E-state index in [0.29, 0.717) is 0 Å². The molecule has 1 N–H and O–H groups in total. The van der Waals surface area contributed by atoms with Gasteiger partial charge in [0.05, 0.1) is 26.3 Å². The van der Waals surface area contributed by atoms with Crippen LogP contribution in [0, 0.1) is 0 Å². The first-order valence-electron chi connectivity index (χ1n) is 8.33. The lowest BCUT2D eigenvalue weighted by molar-refractivity contribution is 0.373. The van der Waals surface area contributed by atoms with Crippen LogP contribution in [0.2, 0.25) is 0 Å². The third-order valence-electron chi connectivity index (χ3n) is 4.70. The molecule has 3 aromatic rings. The number of halogens is 1. The van der Waals surface area contributed by atoms with E-state index in [0.717, 1.165) is 33.9 Å². The summed E-state index contributed by atoms with van der Waals surface area (Å²) in [6.07, 6.45) is 2.40. The van der Waals surface area contributed by atoms with E-state index in [2.05, 4.69) is 55.6 Å². The highest BCUT2D eigenvalue weighted by Crippen LogP contribution is 2.41. The van der Waals surface area contributed by atoms with Crippen LogP contribution in [0.5, 0.6) is 11.5 Å². The van der Waals surface area contributed by atoms with Crippen LogP contribution in [0.1, 0.15) is 29.6 Å². The Hall–Kier alpha value is -2.54. The van der Waals surface area contributed by atoms with Gasteiger partial charge in [-0.1, -0.05) is 28.1 Å². The molecule has 4 rings (SSSR count). The smallest absolute Gasteiger partial charge is 0.222 e. The molecule has 1 aliphatic rings. The van der Waals surface area contributed by atoms with Gasteiger partial charge in [-0.15, -0.1) is 0 Å². The molecule has 0 unspecified atom stereocenters. The van der Waals surface area contributed by atoms with Gasteiger partial charge < -0.3 is 14.8 Å². The molecule has 0 bridgehead atoms. The number of nitrogens with zero attached hydrogens (tertiary/aromatic N) is 3. The molecule has 0 saturated heterocycles. The zero-order valence-corrected chi connectivity index (χ0v) is 16.1. The van der Waals surface area contributed by atoms with Crippen LogP contribution in [0.4, 0.5) is 5.95 Å². The van der Waals surface area contributed by atoms with Crippen LogP contribution in [0.15, 0.2) is 53.3 Å².